The zero-order valence-electron chi connectivity index (χ0n) is 11.8. The van der Waals surface area contributed by atoms with Gasteiger partial charge in [0.2, 0.25) is 0 Å². The molecule has 0 saturated carbocycles. The van der Waals surface area contributed by atoms with E-state index in [4.69, 9.17) is 4.74 Å². The number of esters is 1. The molecule has 0 unspecified atom stereocenters. The second kappa shape index (κ2) is 5.69. The van der Waals surface area contributed by atoms with Gasteiger partial charge in [-0.05, 0) is 36.4 Å². The molecule has 0 aliphatic heterocycles. The molecule has 6 nitrogen and oxygen atoms in total. The largest absolute Gasteiger partial charge is 0.508 e. The lowest BCUT2D eigenvalue weighted by Gasteiger charge is -1.99. The number of carbonyl (C=O) groups is 1. The number of ether oxygens (including phenoxy) is 1. The van der Waals surface area contributed by atoms with Crippen molar-refractivity contribution in [2.24, 2.45) is 0 Å². The molecule has 3 rings (SSSR count). The van der Waals surface area contributed by atoms with E-state index in [0.717, 1.165) is 5.69 Å². The quantitative estimate of drug-likeness (QED) is 0.751. The van der Waals surface area contributed by atoms with Crippen LogP contribution in [0.2, 0.25) is 0 Å². The zero-order valence-corrected chi connectivity index (χ0v) is 11.8. The predicted octanol–water partition coefficient (Wildman–Crippen LogP) is 2.43. The number of aromatic nitrogens is 3. The molecule has 2 aromatic carbocycles. The first-order chi connectivity index (χ1) is 10.7. The van der Waals surface area contributed by atoms with E-state index in [1.165, 1.54) is 24.0 Å². The van der Waals surface area contributed by atoms with E-state index in [-0.39, 0.29) is 11.4 Å². The number of hydrogen-bond donors (Lipinski definition) is 1. The molecule has 0 aliphatic carbocycles. The number of carbonyl (C=O) groups excluding carboxylic acids is 1. The molecule has 1 N–H and O–H groups in total. The van der Waals surface area contributed by atoms with Gasteiger partial charge in [-0.1, -0.05) is 18.2 Å². The summed E-state index contributed by atoms with van der Waals surface area (Å²) in [5, 5.41) is 18.0. The van der Waals surface area contributed by atoms with Crippen LogP contribution in [0.5, 0.6) is 5.75 Å². The summed E-state index contributed by atoms with van der Waals surface area (Å²) in [6.07, 6.45) is 0. The molecule has 110 valence electrons. The van der Waals surface area contributed by atoms with Gasteiger partial charge in [0, 0.05) is 5.56 Å². The fraction of sp³-hybridized carbons (Fsp3) is 0.0625. The number of methoxy groups -OCH3 is 1. The van der Waals surface area contributed by atoms with Crippen LogP contribution in [0.25, 0.3) is 16.9 Å². The minimum atomic E-state index is -0.565. The monoisotopic (exact) mass is 295 g/mol. The van der Waals surface area contributed by atoms with Crippen molar-refractivity contribution in [2.45, 2.75) is 0 Å². The lowest BCUT2D eigenvalue weighted by Crippen LogP contribution is -2.05. The molecule has 0 radical (unpaired) electrons. The third-order valence-corrected chi connectivity index (χ3v) is 3.12. The van der Waals surface area contributed by atoms with E-state index in [1.54, 1.807) is 12.1 Å². The highest BCUT2D eigenvalue weighted by Gasteiger charge is 2.21. The first-order valence-electron chi connectivity index (χ1n) is 6.59. The standard InChI is InChI=1S/C16H13N3O3/c1-22-16(21)15-14(11-7-9-13(20)10-8-11)17-19(18-15)12-5-3-2-4-6-12/h2-10,20H,1H3. The number of para-hydroxylation sites is 1. The van der Waals surface area contributed by atoms with E-state index in [2.05, 4.69) is 10.2 Å². The lowest BCUT2D eigenvalue weighted by atomic mass is 10.1. The number of hydrogen-bond acceptors (Lipinski definition) is 5. The molecule has 0 fully saturated rings. The predicted molar refractivity (Wildman–Crippen MR) is 79.8 cm³/mol. The Balaban J connectivity index is 2.13. The summed E-state index contributed by atoms with van der Waals surface area (Å²) in [6.45, 7) is 0. The maximum Gasteiger partial charge on any atom is 0.360 e. The van der Waals surface area contributed by atoms with Gasteiger partial charge in [-0.25, -0.2) is 4.79 Å². The van der Waals surface area contributed by atoms with Crippen molar-refractivity contribution in [1.29, 1.82) is 0 Å². The summed E-state index contributed by atoms with van der Waals surface area (Å²) in [4.78, 5) is 13.3. The summed E-state index contributed by atoms with van der Waals surface area (Å²) in [5.74, 6) is -0.427. The van der Waals surface area contributed by atoms with Gasteiger partial charge in [0.15, 0.2) is 5.69 Å². The summed E-state index contributed by atoms with van der Waals surface area (Å²) < 4.78 is 4.77. The van der Waals surface area contributed by atoms with Crippen LogP contribution < -0.4 is 0 Å². The van der Waals surface area contributed by atoms with Crippen molar-refractivity contribution >= 4 is 5.97 Å². The summed E-state index contributed by atoms with van der Waals surface area (Å²) in [5.41, 5.74) is 1.92. The van der Waals surface area contributed by atoms with Gasteiger partial charge in [0.1, 0.15) is 11.4 Å². The molecule has 0 aliphatic rings. The van der Waals surface area contributed by atoms with Crippen molar-refractivity contribution < 1.29 is 14.6 Å². The summed E-state index contributed by atoms with van der Waals surface area (Å²) >= 11 is 0. The Hall–Kier alpha value is -3.15. The smallest absolute Gasteiger partial charge is 0.360 e. The number of nitrogens with zero attached hydrogens (tertiary/aromatic N) is 3. The highest BCUT2D eigenvalue weighted by atomic mass is 16.5. The summed E-state index contributed by atoms with van der Waals surface area (Å²) in [6, 6.07) is 15.7. The molecule has 0 bridgehead atoms. The van der Waals surface area contributed by atoms with Gasteiger partial charge in [0.05, 0.1) is 12.8 Å². The van der Waals surface area contributed by atoms with Crippen LogP contribution in [-0.4, -0.2) is 33.2 Å². The molecule has 1 heterocycles. The van der Waals surface area contributed by atoms with E-state index in [9.17, 15) is 9.90 Å². The fourth-order valence-electron chi connectivity index (χ4n) is 2.03. The maximum atomic E-state index is 11.9. The van der Waals surface area contributed by atoms with E-state index < -0.39 is 5.97 Å². The van der Waals surface area contributed by atoms with Crippen molar-refractivity contribution in [1.82, 2.24) is 15.0 Å². The number of phenols is 1. The third kappa shape index (κ3) is 2.54. The van der Waals surface area contributed by atoms with Crippen LogP contribution in [0.4, 0.5) is 0 Å². The van der Waals surface area contributed by atoms with Gasteiger partial charge in [0.25, 0.3) is 0 Å². The molecule has 1 aromatic heterocycles. The minimum absolute atomic E-state index is 0.122. The molecular formula is C16H13N3O3. The van der Waals surface area contributed by atoms with Crippen LogP contribution in [-0.2, 0) is 4.74 Å². The molecule has 0 spiro atoms. The van der Waals surface area contributed by atoms with Gasteiger partial charge >= 0.3 is 5.97 Å². The van der Waals surface area contributed by atoms with Crippen LogP contribution in [0.15, 0.2) is 54.6 Å². The molecule has 0 saturated heterocycles. The SMILES string of the molecule is COC(=O)c1nn(-c2ccccc2)nc1-c1ccc(O)cc1. The van der Waals surface area contributed by atoms with E-state index in [0.29, 0.717) is 11.3 Å². The lowest BCUT2D eigenvalue weighted by molar-refractivity contribution is 0.0594. The van der Waals surface area contributed by atoms with Crippen LogP contribution in [0.1, 0.15) is 10.5 Å². The van der Waals surface area contributed by atoms with Crippen LogP contribution in [0, 0.1) is 0 Å². The average Bonchev–Trinajstić information content (AvgIpc) is 3.01. The topological polar surface area (TPSA) is 77.2 Å². The molecule has 3 aromatic rings. The second-order valence-corrected chi connectivity index (χ2v) is 4.56. The summed E-state index contributed by atoms with van der Waals surface area (Å²) in [7, 11) is 1.30. The van der Waals surface area contributed by atoms with Crippen molar-refractivity contribution in [2.75, 3.05) is 7.11 Å². The van der Waals surface area contributed by atoms with Gasteiger partial charge in [-0.3, -0.25) is 0 Å². The zero-order chi connectivity index (χ0) is 15.5. The van der Waals surface area contributed by atoms with E-state index in [1.807, 2.05) is 30.3 Å². The molecule has 0 amide bonds. The fourth-order valence-corrected chi connectivity index (χ4v) is 2.03. The highest BCUT2D eigenvalue weighted by molar-refractivity contribution is 5.93. The van der Waals surface area contributed by atoms with Crippen LogP contribution in [0.3, 0.4) is 0 Å². The van der Waals surface area contributed by atoms with Crippen molar-refractivity contribution in [3.05, 3.63) is 60.3 Å². The number of phenolic OH excluding ortho intramolecular Hbond substituents is 1. The molecule has 0 atom stereocenters. The number of aromatic hydroxyl groups is 1. The van der Waals surface area contributed by atoms with E-state index >= 15 is 0 Å². The Morgan fingerprint density at radius 2 is 1.73 bits per heavy atom. The maximum absolute atomic E-state index is 11.9. The van der Waals surface area contributed by atoms with Gasteiger partial charge in [-0.2, -0.15) is 4.80 Å². The molecule has 6 heteroatoms. The number of benzene rings is 2. The molecule has 22 heavy (non-hydrogen) atoms. The minimum Gasteiger partial charge on any atom is -0.508 e. The Morgan fingerprint density at radius 3 is 2.36 bits per heavy atom. The highest BCUT2D eigenvalue weighted by Crippen LogP contribution is 2.24. The first kappa shape index (κ1) is 13.8. The second-order valence-electron chi connectivity index (χ2n) is 4.56. The van der Waals surface area contributed by atoms with Gasteiger partial charge in [-0.15, -0.1) is 10.2 Å². The Bertz CT molecular complexity index is 795. The third-order valence-electron chi connectivity index (χ3n) is 3.12. The average molecular weight is 295 g/mol. The Morgan fingerprint density at radius 1 is 1.05 bits per heavy atom. The Kier molecular flexibility index (Phi) is 3.57. The Labute approximate surface area is 126 Å². The first-order valence-corrected chi connectivity index (χ1v) is 6.59. The van der Waals surface area contributed by atoms with Crippen molar-refractivity contribution in [3.63, 3.8) is 0 Å². The number of rotatable bonds is 3. The normalized spacial score (nSPS) is 10.4. The molecular weight excluding hydrogens is 282 g/mol. The van der Waals surface area contributed by atoms with Crippen molar-refractivity contribution in [3.8, 4) is 22.7 Å². The van der Waals surface area contributed by atoms with Crippen LogP contribution >= 0.6 is 0 Å². The van der Waals surface area contributed by atoms with Gasteiger partial charge < -0.3 is 9.84 Å².